The number of nitrogens with one attached hydrogen (secondary N) is 1. The fraction of sp³-hybridized carbons (Fsp3) is 0.346. The van der Waals surface area contributed by atoms with Crippen molar-refractivity contribution in [3.63, 3.8) is 0 Å². The molecule has 154 valence electrons. The zero-order valence-corrected chi connectivity index (χ0v) is 18.3. The van der Waals surface area contributed by atoms with E-state index in [9.17, 15) is 9.90 Å². The third-order valence-electron chi connectivity index (χ3n) is 5.25. The summed E-state index contributed by atoms with van der Waals surface area (Å²) in [6.45, 7) is 10.9. The number of hydrogen-bond donors (Lipinski definition) is 2. The molecule has 0 fully saturated rings. The maximum Gasteiger partial charge on any atom is 0.248 e. The minimum atomic E-state index is -0.222. The minimum Gasteiger partial charge on any atom is -0.508 e. The van der Waals surface area contributed by atoms with Gasteiger partial charge in [-0.2, -0.15) is 0 Å². The molecule has 2 rings (SSSR count). The van der Waals surface area contributed by atoms with Crippen molar-refractivity contribution in [1.82, 2.24) is 0 Å². The molecule has 29 heavy (non-hydrogen) atoms. The fourth-order valence-electron chi connectivity index (χ4n) is 3.65. The van der Waals surface area contributed by atoms with Crippen molar-refractivity contribution in [2.45, 2.75) is 53.9 Å². The molecule has 2 N–H and O–H groups in total. The molecule has 0 spiro atoms. The van der Waals surface area contributed by atoms with Gasteiger partial charge in [0.05, 0.1) is 0 Å². The number of rotatable bonds is 6. The van der Waals surface area contributed by atoms with Crippen molar-refractivity contribution in [3.8, 4) is 5.75 Å². The molecule has 3 nitrogen and oxygen atoms in total. The second-order valence-corrected chi connectivity index (χ2v) is 8.46. The van der Waals surface area contributed by atoms with Gasteiger partial charge in [-0.25, -0.2) is 0 Å². The van der Waals surface area contributed by atoms with Crippen LogP contribution in [0.2, 0.25) is 0 Å². The number of hydrogen-bond acceptors (Lipinski definition) is 2. The molecule has 0 aromatic heterocycles. The molecule has 0 heterocycles. The van der Waals surface area contributed by atoms with Gasteiger partial charge in [0.15, 0.2) is 0 Å². The van der Waals surface area contributed by atoms with E-state index in [0.717, 1.165) is 5.57 Å². The van der Waals surface area contributed by atoms with Crippen LogP contribution in [0.25, 0.3) is 0 Å². The standard InChI is InChI=1S/C26H33NO2/c1-19(14-15-24-21(3)11-8-16-26(24,4)5)9-6-10-20(2)17-25(29)27-22-12-7-13-23(28)18-22/h6-7,9-10,12-15,17-18,28H,8,11,16H2,1-5H3,(H,27,29). The molecule has 0 radical (unpaired) electrons. The maximum absolute atomic E-state index is 12.1. The van der Waals surface area contributed by atoms with Crippen molar-refractivity contribution >= 4 is 11.6 Å². The van der Waals surface area contributed by atoms with Gasteiger partial charge < -0.3 is 10.4 Å². The van der Waals surface area contributed by atoms with Crippen LogP contribution in [0.4, 0.5) is 5.69 Å². The Hall–Kier alpha value is -2.81. The first-order valence-electron chi connectivity index (χ1n) is 10.2. The summed E-state index contributed by atoms with van der Waals surface area (Å²) in [6, 6.07) is 6.50. The van der Waals surface area contributed by atoms with Gasteiger partial charge in [0.2, 0.25) is 5.91 Å². The monoisotopic (exact) mass is 391 g/mol. The van der Waals surface area contributed by atoms with E-state index < -0.39 is 0 Å². The van der Waals surface area contributed by atoms with E-state index in [0.29, 0.717) is 5.69 Å². The Balaban J connectivity index is 1.97. The SMILES string of the molecule is CC(C=CC1=C(C)CCCC1(C)C)=CC=CC(C)=CC(=O)Nc1cccc(O)c1. The Labute approximate surface area is 175 Å². The number of carbonyl (C=O) groups excluding carboxylic acids is 1. The Morgan fingerprint density at radius 1 is 1.17 bits per heavy atom. The number of amides is 1. The number of phenols is 1. The van der Waals surface area contributed by atoms with Gasteiger partial charge in [-0.3, -0.25) is 4.79 Å². The molecular weight excluding hydrogens is 358 g/mol. The first-order valence-corrected chi connectivity index (χ1v) is 10.2. The van der Waals surface area contributed by atoms with E-state index in [2.05, 4.69) is 45.2 Å². The molecule has 0 aliphatic heterocycles. The molecular formula is C26H33NO2. The molecule has 0 atom stereocenters. The molecule has 0 saturated carbocycles. The number of benzene rings is 1. The van der Waals surface area contributed by atoms with Gasteiger partial charge in [0, 0.05) is 17.8 Å². The normalized spacial score (nSPS) is 18.0. The molecule has 0 bridgehead atoms. The summed E-state index contributed by atoms with van der Waals surface area (Å²) < 4.78 is 0. The number of aromatic hydroxyl groups is 1. The van der Waals surface area contributed by atoms with Crippen molar-refractivity contribution < 1.29 is 9.90 Å². The average molecular weight is 392 g/mol. The predicted molar refractivity (Wildman–Crippen MR) is 123 cm³/mol. The highest BCUT2D eigenvalue weighted by Crippen LogP contribution is 2.40. The van der Waals surface area contributed by atoms with Crippen molar-refractivity contribution in [2.24, 2.45) is 5.41 Å². The summed E-state index contributed by atoms with van der Waals surface area (Å²) in [5, 5.41) is 12.2. The molecule has 1 amide bonds. The molecule has 1 aromatic carbocycles. The van der Waals surface area contributed by atoms with Crippen LogP contribution in [0.5, 0.6) is 5.75 Å². The van der Waals surface area contributed by atoms with Gasteiger partial charge in [0.25, 0.3) is 0 Å². The van der Waals surface area contributed by atoms with Crippen LogP contribution in [-0.2, 0) is 4.79 Å². The number of carbonyl (C=O) groups is 1. The lowest BCUT2D eigenvalue weighted by atomic mass is 9.72. The first kappa shape index (κ1) is 22.5. The summed E-state index contributed by atoms with van der Waals surface area (Å²) in [7, 11) is 0. The summed E-state index contributed by atoms with van der Waals surface area (Å²) in [5.74, 6) is -0.0973. The minimum absolute atomic E-state index is 0.125. The second-order valence-electron chi connectivity index (χ2n) is 8.46. The van der Waals surface area contributed by atoms with Gasteiger partial charge in [0.1, 0.15) is 5.75 Å². The van der Waals surface area contributed by atoms with Crippen LogP contribution in [0.3, 0.4) is 0 Å². The maximum atomic E-state index is 12.1. The summed E-state index contributed by atoms with van der Waals surface area (Å²) in [6.07, 6.45) is 15.6. The summed E-state index contributed by atoms with van der Waals surface area (Å²) >= 11 is 0. The fourth-order valence-corrected chi connectivity index (χ4v) is 3.65. The Bertz CT molecular complexity index is 895. The van der Waals surface area contributed by atoms with Crippen molar-refractivity contribution in [1.29, 1.82) is 0 Å². The third kappa shape index (κ3) is 7.26. The lowest BCUT2D eigenvalue weighted by Gasteiger charge is -2.32. The van der Waals surface area contributed by atoms with Gasteiger partial charge >= 0.3 is 0 Å². The van der Waals surface area contributed by atoms with Crippen LogP contribution in [-0.4, -0.2) is 11.0 Å². The first-order chi connectivity index (χ1) is 13.7. The third-order valence-corrected chi connectivity index (χ3v) is 5.25. The van der Waals surface area contributed by atoms with E-state index in [1.165, 1.54) is 48.1 Å². The zero-order valence-electron chi connectivity index (χ0n) is 18.3. The molecule has 0 unspecified atom stereocenters. The van der Waals surface area contributed by atoms with E-state index in [4.69, 9.17) is 0 Å². The Morgan fingerprint density at radius 3 is 2.62 bits per heavy atom. The van der Waals surface area contributed by atoms with Crippen LogP contribution in [0.15, 0.2) is 83.0 Å². The van der Waals surface area contributed by atoms with Crippen molar-refractivity contribution in [2.75, 3.05) is 5.32 Å². The number of anilines is 1. The Kier molecular flexibility index (Phi) is 7.83. The largest absolute Gasteiger partial charge is 0.508 e. The summed E-state index contributed by atoms with van der Waals surface area (Å²) in [4.78, 5) is 12.1. The average Bonchev–Trinajstić information content (AvgIpc) is 2.60. The molecule has 1 aliphatic rings. The topological polar surface area (TPSA) is 49.3 Å². The highest BCUT2D eigenvalue weighted by atomic mass is 16.3. The molecule has 3 heteroatoms. The van der Waals surface area contributed by atoms with Crippen LogP contribution in [0.1, 0.15) is 53.9 Å². The van der Waals surface area contributed by atoms with E-state index >= 15 is 0 Å². The zero-order chi connectivity index (χ0) is 21.4. The molecule has 1 aromatic rings. The van der Waals surface area contributed by atoms with Gasteiger partial charge in [-0.15, -0.1) is 0 Å². The lowest BCUT2D eigenvalue weighted by molar-refractivity contribution is -0.111. The lowest BCUT2D eigenvalue weighted by Crippen LogP contribution is -2.19. The van der Waals surface area contributed by atoms with Crippen LogP contribution in [0, 0.1) is 5.41 Å². The van der Waals surface area contributed by atoms with Crippen LogP contribution < -0.4 is 5.32 Å². The summed E-state index contributed by atoms with van der Waals surface area (Å²) in [5.41, 5.74) is 5.79. The van der Waals surface area contributed by atoms with Crippen LogP contribution >= 0.6 is 0 Å². The van der Waals surface area contributed by atoms with Crippen molar-refractivity contribution in [3.05, 3.63) is 83.0 Å². The van der Waals surface area contributed by atoms with E-state index in [1.807, 2.05) is 25.2 Å². The predicted octanol–water partition coefficient (Wildman–Crippen LogP) is 6.86. The molecule has 1 aliphatic carbocycles. The molecule has 0 saturated heterocycles. The highest BCUT2D eigenvalue weighted by Gasteiger charge is 2.26. The number of phenolic OH excluding ortho intramolecular Hbond substituents is 1. The van der Waals surface area contributed by atoms with Gasteiger partial charge in [-0.05, 0) is 68.7 Å². The van der Waals surface area contributed by atoms with E-state index in [-0.39, 0.29) is 17.1 Å². The highest BCUT2D eigenvalue weighted by molar-refractivity contribution is 6.00. The quantitative estimate of drug-likeness (QED) is 0.411. The Morgan fingerprint density at radius 2 is 1.93 bits per heavy atom. The second kappa shape index (κ2) is 10.1. The van der Waals surface area contributed by atoms with Gasteiger partial charge in [-0.1, -0.05) is 61.4 Å². The number of allylic oxidation sites excluding steroid dienone is 9. The smallest absolute Gasteiger partial charge is 0.248 e. The van der Waals surface area contributed by atoms with E-state index in [1.54, 1.807) is 18.2 Å².